The van der Waals surface area contributed by atoms with Crippen LogP contribution in [0.5, 0.6) is 11.5 Å². The Morgan fingerprint density at radius 3 is 2.61 bits per heavy atom. The first-order valence-electron chi connectivity index (χ1n) is 9.68. The normalized spacial score (nSPS) is 10.9. The molecule has 0 spiro atoms. The lowest BCUT2D eigenvalue weighted by Gasteiger charge is -2.10. The molecule has 0 radical (unpaired) electrons. The maximum atomic E-state index is 12.2. The summed E-state index contributed by atoms with van der Waals surface area (Å²) in [7, 11) is 0. The molecule has 0 aliphatic heterocycles. The third-order valence-corrected chi connectivity index (χ3v) is 4.49. The number of amides is 1. The van der Waals surface area contributed by atoms with Crippen LogP contribution in [-0.2, 0) is 11.3 Å². The predicted octanol–water partition coefficient (Wildman–Crippen LogP) is 5.00. The second kappa shape index (κ2) is 11.5. The number of carbonyl (C=O) groups excluding carboxylic acids is 1. The number of nitrogens with one attached hydrogen (secondary N) is 1. The van der Waals surface area contributed by atoms with Crippen LogP contribution in [0.1, 0.15) is 17.7 Å². The number of halogens is 1. The van der Waals surface area contributed by atoms with Crippen LogP contribution in [0, 0.1) is 11.3 Å². The minimum absolute atomic E-state index is 0.0330. The maximum absolute atomic E-state index is 12.2. The molecule has 0 fully saturated rings. The monoisotopic (exact) mass is 436 g/mol. The van der Waals surface area contributed by atoms with Gasteiger partial charge in [0.1, 0.15) is 28.9 Å². The van der Waals surface area contributed by atoms with E-state index in [2.05, 4.69) is 5.32 Å². The van der Waals surface area contributed by atoms with Crippen molar-refractivity contribution < 1.29 is 18.7 Å². The number of para-hydroxylation sites is 1. The van der Waals surface area contributed by atoms with Crippen LogP contribution in [0.3, 0.4) is 0 Å². The number of benzene rings is 2. The summed E-state index contributed by atoms with van der Waals surface area (Å²) in [5.74, 6) is 1.45. The minimum atomic E-state index is -0.492. The second-order valence-corrected chi connectivity index (χ2v) is 6.89. The Labute approximate surface area is 185 Å². The molecule has 1 aromatic heterocycles. The molecule has 1 amide bonds. The number of carbonyl (C=O) groups is 1. The van der Waals surface area contributed by atoms with Gasteiger partial charge in [0.25, 0.3) is 5.91 Å². The summed E-state index contributed by atoms with van der Waals surface area (Å²) in [5, 5.41) is 12.4. The largest absolute Gasteiger partial charge is 0.493 e. The topological polar surface area (TPSA) is 84.5 Å². The van der Waals surface area contributed by atoms with E-state index in [1.54, 1.807) is 30.3 Å². The van der Waals surface area contributed by atoms with Crippen molar-refractivity contribution in [1.82, 2.24) is 5.32 Å². The van der Waals surface area contributed by atoms with E-state index in [1.807, 2.05) is 36.4 Å². The molecule has 2 aromatic carbocycles. The molecule has 1 N–H and O–H groups in total. The van der Waals surface area contributed by atoms with Crippen molar-refractivity contribution in [1.29, 1.82) is 5.26 Å². The number of furan rings is 1. The highest BCUT2D eigenvalue weighted by Crippen LogP contribution is 2.26. The van der Waals surface area contributed by atoms with Crippen LogP contribution < -0.4 is 14.8 Å². The Balaban J connectivity index is 1.50. The van der Waals surface area contributed by atoms with Gasteiger partial charge in [-0.2, -0.15) is 5.26 Å². The zero-order valence-electron chi connectivity index (χ0n) is 16.7. The van der Waals surface area contributed by atoms with Gasteiger partial charge < -0.3 is 19.2 Å². The third-order valence-electron chi connectivity index (χ3n) is 4.19. The van der Waals surface area contributed by atoms with Crippen molar-refractivity contribution in [2.45, 2.75) is 13.0 Å². The van der Waals surface area contributed by atoms with Gasteiger partial charge in [-0.15, -0.1) is 0 Å². The van der Waals surface area contributed by atoms with Gasteiger partial charge in [-0.25, -0.2) is 0 Å². The van der Waals surface area contributed by atoms with Gasteiger partial charge >= 0.3 is 0 Å². The fraction of sp³-hybridized carbons (Fsp3) is 0.167. The molecule has 0 saturated heterocycles. The first-order chi connectivity index (χ1) is 15.2. The summed E-state index contributed by atoms with van der Waals surface area (Å²) >= 11 is 6.29. The number of rotatable bonds is 10. The van der Waals surface area contributed by atoms with Crippen LogP contribution in [-0.4, -0.2) is 19.1 Å². The average Bonchev–Trinajstić information content (AvgIpc) is 3.31. The van der Waals surface area contributed by atoms with E-state index in [0.717, 1.165) is 5.75 Å². The Morgan fingerprint density at radius 2 is 1.90 bits per heavy atom. The standard InChI is InChI=1S/C24H21ClN2O4/c25-22-15-18(14-19(16-26)24(28)27-17-21-8-4-11-30-21)9-10-23(22)31-13-5-12-29-20-6-2-1-3-7-20/h1-4,6-11,14-15H,5,12-13,17H2,(H,27,28)/b19-14+. The molecular formula is C24H21ClN2O4. The lowest BCUT2D eigenvalue weighted by Crippen LogP contribution is -2.23. The zero-order valence-corrected chi connectivity index (χ0v) is 17.5. The summed E-state index contributed by atoms with van der Waals surface area (Å²) in [4.78, 5) is 12.2. The van der Waals surface area contributed by atoms with Crippen LogP contribution in [0.25, 0.3) is 6.08 Å². The Hall–Kier alpha value is -3.69. The van der Waals surface area contributed by atoms with Gasteiger partial charge in [0.2, 0.25) is 0 Å². The number of nitrogens with zero attached hydrogens (tertiary/aromatic N) is 1. The Kier molecular flexibility index (Phi) is 8.15. The summed E-state index contributed by atoms with van der Waals surface area (Å²) in [6.07, 6.45) is 3.69. The minimum Gasteiger partial charge on any atom is -0.493 e. The Morgan fingerprint density at radius 1 is 1.10 bits per heavy atom. The molecule has 158 valence electrons. The van der Waals surface area contributed by atoms with Gasteiger partial charge in [-0.05, 0) is 48.0 Å². The average molecular weight is 437 g/mol. The van der Waals surface area contributed by atoms with Crippen molar-refractivity contribution >= 4 is 23.6 Å². The SMILES string of the molecule is N#C/C(=C\c1ccc(OCCCOc2ccccc2)c(Cl)c1)C(=O)NCc1ccco1. The molecule has 0 saturated carbocycles. The molecule has 0 atom stereocenters. The molecule has 6 nitrogen and oxygen atoms in total. The van der Waals surface area contributed by atoms with E-state index in [4.69, 9.17) is 25.5 Å². The van der Waals surface area contributed by atoms with Crippen molar-refractivity contribution in [2.75, 3.05) is 13.2 Å². The molecule has 7 heteroatoms. The summed E-state index contributed by atoms with van der Waals surface area (Å²) in [6, 6.07) is 20.0. The van der Waals surface area contributed by atoms with Crippen molar-refractivity contribution in [3.05, 3.63) is 88.8 Å². The molecule has 0 bridgehead atoms. The van der Waals surface area contributed by atoms with E-state index in [9.17, 15) is 10.1 Å². The Bertz CT molecular complexity index is 1060. The first kappa shape index (κ1) is 22.0. The summed E-state index contributed by atoms with van der Waals surface area (Å²) in [6.45, 7) is 1.17. The third kappa shape index (κ3) is 6.95. The smallest absolute Gasteiger partial charge is 0.262 e. The number of nitriles is 1. The van der Waals surface area contributed by atoms with Crippen LogP contribution >= 0.6 is 11.6 Å². The fourth-order valence-corrected chi connectivity index (χ4v) is 2.91. The van der Waals surface area contributed by atoms with Crippen molar-refractivity contribution in [3.63, 3.8) is 0 Å². The van der Waals surface area contributed by atoms with E-state index < -0.39 is 5.91 Å². The van der Waals surface area contributed by atoms with Gasteiger partial charge in [-0.3, -0.25) is 4.79 Å². The fourth-order valence-electron chi connectivity index (χ4n) is 2.66. The van der Waals surface area contributed by atoms with Gasteiger partial charge in [0.15, 0.2) is 0 Å². The summed E-state index contributed by atoms with van der Waals surface area (Å²) < 4.78 is 16.5. The molecule has 3 rings (SSSR count). The highest BCUT2D eigenvalue weighted by atomic mass is 35.5. The van der Waals surface area contributed by atoms with Crippen molar-refractivity contribution in [3.8, 4) is 17.6 Å². The van der Waals surface area contributed by atoms with Gasteiger partial charge in [-0.1, -0.05) is 35.9 Å². The van der Waals surface area contributed by atoms with Gasteiger partial charge in [0.05, 0.1) is 31.0 Å². The van der Waals surface area contributed by atoms with Crippen molar-refractivity contribution in [2.24, 2.45) is 0 Å². The summed E-state index contributed by atoms with van der Waals surface area (Å²) in [5.41, 5.74) is 0.587. The van der Waals surface area contributed by atoms with E-state index >= 15 is 0 Å². The van der Waals surface area contributed by atoms with E-state index in [1.165, 1.54) is 12.3 Å². The van der Waals surface area contributed by atoms with E-state index in [0.29, 0.717) is 41.7 Å². The quantitative estimate of drug-likeness (QED) is 0.274. The van der Waals surface area contributed by atoms with E-state index in [-0.39, 0.29) is 12.1 Å². The molecule has 3 aromatic rings. The molecule has 0 unspecified atom stereocenters. The number of hydrogen-bond donors (Lipinski definition) is 1. The molecule has 1 heterocycles. The highest BCUT2D eigenvalue weighted by Gasteiger charge is 2.10. The highest BCUT2D eigenvalue weighted by molar-refractivity contribution is 6.32. The maximum Gasteiger partial charge on any atom is 0.262 e. The lowest BCUT2D eigenvalue weighted by molar-refractivity contribution is -0.117. The van der Waals surface area contributed by atoms with Crippen LogP contribution in [0.4, 0.5) is 0 Å². The van der Waals surface area contributed by atoms with Gasteiger partial charge in [0, 0.05) is 6.42 Å². The molecular weight excluding hydrogens is 416 g/mol. The zero-order chi connectivity index (χ0) is 21.9. The predicted molar refractivity (Wildman–Crippen MR) is 118 cm³/mol. The first-order valence-corrected chi connectivity index (χ1v) is 10.1. The number of ether oxygens (including phenoxy) is 2. The molecule has 0 aliphatic rings. The van der Waals surface area contributed by atoms with Crippen LogP contribution in [0.2, 0.25) is 5.02 Å². The molecule has 31 heavy (non-hydrogen) atoms. The molecule has 0 aliphatic carbocycles. The van der Waals surface area contributed by atoms with Crippen LogP contribution in [0.15, 0.2) is 76.9 Å². The second-order valence-electron chi connectivity index (χ2n) is 6.49. The number of hydrogen-bond acceptors (Lipinski definition) is 5. The lowest BCUT2D eigenvalue weighted by atomic mass is 10.1.